The normalized spacial score (nSPS) is 12.7. The van der Waals surface area contributed by atoms with Crippen LogP contribution in [0.1, 0.15) is 40.0 Å². The molecule has 2 heteroatoms. The molecule has 0 N–H and O–H groups in total. The van der Waals surface area contributed by atoms with E-state index in [-0.39, 0.29) is 5.91 Å². The molecule has 0 aromatic carbocycles. The molecule has 0 aliphatic carbocycles. The predicted octanol–water partition coefficient (Wildman–Crippen LogP) is 2.04. The highest BCUT2D eigenvalue weighted by molar-refractivity contribution is 5.73. The minimum Gasteiger partial charge on any atom is -0.343 e. The minimum absolute atomic E-state index is 0.172. The van der Waals surface area contributed by atoms with Crippen molar-refractivity contribution in [2.75, 3.05) is 7.05 Å². The molecule has 0 aliphatic heterocycles. The van der Waals surface area contributed by atoms with Gasteiger partial charge >= 0.3 is 0 Å². The van der Waals surface area contributed by atoms with Crippen LogP contribution in [-0.2, 0) is 4.79 Å². The van der Waals surface area contributed by atoms with E-state index in [0.717, 1.165) is 19.3 Å². The summed E-state index contributed by atoms with van der Waals surface area (Å²) in [4.78, 5) is 12.8. The Morgan fingerprint density at radius 1 is 1.45 bits per heavy atom. The molecule has 0 rings (SSSR count). The second kappa shape index (κ2) is 5.16. The van der Waals surface area contributed by atoms with Gasteiger partial charge in [0.1, 0.15) is 0 Å². The van der Waals surface area contributed by atoms with Crippen molar-refractivity contribution in [3.8, 4) is 0 Å². The van der Waals surface area contributed by atoms with Gasteiger partial charge in [0.25, 0.3) is 0 Å². The summed E-state index contributed by atoms with van der Waals surface area (Å²) in [6, 6.07) is 0.442. The van der Waals surface area contributed by atoms with Crippen molar-refractivity contribution < 1.29 is 4.79 Å². The molecule has 0 aliphatic rings. The van der Waals surface area contributed by atoms with Crippen molar-refractivity contribution in [3.63, 3.8) is 0 Å². The van der Waals surface area contributed by atoms with Gasteiger partial charge in [0, 0.05) is 20.0 Å². The lowest BCUT2D eigenvalue weighted by molar-refractivity contribution is -0.129. The smallest absolute Gasteiger partial charge is 0.219 e. The van der Waals surface area contributed by atoms with E-state index in [2.05, 4.69) is 13.8 Å². The van der Waals surface area contributed by atoms with Gasteiger partial charge in [-0.2, -0.15) is 0 Å². The van der Waals surface area contributed by atoms with Crippen LogP contribution in [-0.4, -0.2) is 23.9 Å². The van der Waals surface area contributed by atoms with Gasteiger partial charge in [0.05, 0.1) is 0 Å². The zero-order valence-corrected chi connectivity index (χ0v) is 8.05. The first-order chi connectivity index (χ1) is 5.13. The summed E-state index contributed by atoms with van der Waals surface area (Å²) < 4.78 is 0. The van der Waals surface area contributed by atoms with Crippen LogP contribution in [0.2, 0.25) is 0 Å². The van der Waals surface area contributed by atoms with Gasteiger partial charge in [-0.15, -0.1) is 0 Å². The Morgan fingerprint density at radius 3 is 2.27 bits per heavy atom. The maximum atomic E-state index is 10.9. The quantitative estimate of drug-likeness (QED) is 0.611. The molecular formula is C9H19NO. The Balaban J connectivity index is 3.91. The predicted molar refractivity (Wildman–Crippen MR) is 47.4 cm³/mol. The van der Waals surface area contributed by atoms with Gasteiger partial charge in [-0.3, -0.25) is 4.79 Å². The molecule has 0 fully saturated rings. The van der Waals surface area contributed by atoms with Crippen LogP contribution in [0.15, 0.2) is 0 Å². The Morgan fingerprint density at radius 2 is 2.00 bits per heavy atom. The van der Waals surface area contributed by atoms with Crippen LogP contribution in [0, 0.1) is 0 Å². The monoisotopic (exact) mass is 157 g/mol. The summed E-state index contributed by atoms with van der Waals surface area (Å²) in [6.07, 6.45) is 3.33. The maximum absolute atomic E-state index is 10.9. The van der Waals surface area contributed by atoms with Crippen LogP contribution < -0.4 is 0 Å². The largest absolute Gasteiger partial charge is 0.343 e. The molecule has 1 atom stereocenters. The summed E-state index contributed by atoms with van der Waals surface area (Å²) in [5.74, 6) is 0.172. The van der Waals surface area contributed by atoms with Gasteiger partial charge in [0.2, 0.25) is 5.91 Å². The third kappa shape index (κ3) is 3.40. The Kier molecular flexibility index (Phi) is 4.92. The van der Waals surface area contributed by atoms with E-state index in [4.69, 9.17) is 0 Å². The third-order valence-corrected chi connectivity index (χ3v) is 2.14. The number of rotatable bonds is 4. The van der Waals surface area contributed by atoms with Crippen LogP contribution >= 0.6 is 0 Å². The molecular weight excluding hydrogens is 138 g/mol. The maximum Gasteiger partial charge on any atom is 0.219 e. The fourth-order valence-corrected chi connectivity index (χ4v) is 1.26. The lowest BCUT2D eigenvalue weighted by Crippen LogP contribution is -2.34. The fraction of sp³-hybridized carbons (Fsp3) is 0.889. The van der Waals surface area contributed by atoms with E-state index in [0.29, 0.717) is 6.04 Å². The summed E-state index contributed by atoms with van der Waals surface area (Å²) >= 11 is 0. The summed E-state index contributed by atoms with van der Waals surface area (Å²) in [7, 11) is 1.88. The van der Waals surface area contributed by atoms with Crippen molar-refractivity contribution in [1.82, 2.24) is 4.90 Å². The van der Waals surface area contributed by atoms with Crippen LogP contribution in [0.3, 0.4) is 0 Å². The second-order valence-electron chi connectivity index (χ2n) is 2.98. The van der Waals surface area contributed by atoms with E-state index in [1.165, 1.54) is 0 Å². The molecule has 0 bridgehead atoms. The highest BCUT2D eigenvalue weighted by Gasteiger charge is 2.12. The van der Waals surface area contributed by atoms with E-state index < -0.39 is 0 Å². The second-order valence-corrected chi connectivity index (χ2v) is 2.98. The first kappa shape index (κ1) is 10.5. The van der Waals surface area contributed by atoms with Crippen LogP contribution in [0.5, 0.6) is 0 Å². The Labute approximate surface area is 69.6 Å². The number of carbonyl (C=O) groups is 1. The van der Waals surface area contributed by atoms with Crippen molar-refractivity contribution in [3.05, 3.63) is 0 Å². The molecule has 0 aromatic rings. The van der Waals surface area contributed by atoms with E-state index >= 15 is 0 Å². The van der Waals surface area contributed by atoms with Crippen molar-refractivity contribution in [2.24, 2.45) is 0 Å². The highest BCUT2D eigenvalue weighted by Crippen LogP contribution is 2.08. The number of hydrogen-bond acceptors (Lipinski definition) is 1. The lowest BCUT2D eigenvalue weighted by atomic mass is 10.1. The molecule has 0 aromatic heterocycles. The first-order valence-electron chi connectivity index (χ1n) is 4.36. The van der Waals surface area contributed by atoms with E-state index in [9.17, 15) is 4.79 Å². The number of carbonyl (C=O) groups excluding carboxylic acids is 1. The molecule has 0 unspecified atom stereocenters. The van der Waals surface area contributed by atoms with Gasteiger partial charge < -0.3 is 4.90 Å². The number of hydrogen-bond donors (Lipinski definition) is 0. The lowest BCUT2D eigenvalue weighted by Gasteiger charge is -2.25. The van der Waals surface area contributed by atoms with E-state index in [1.807, 2.05) is 11.9 Å². The summed E-state index contributed by atoms with van der Waals surface area (Å²) in [6.45, 7) is 5.90. The highest BCUT2D eigenvalue weighted by atomic mass is 16.2. The molecule has 0 radical (unpaired) electrons. The molecule has 0 saturated carbocycles. The Bertz CT molecular complexity index is 123. The average molecular weight is 157 g/mol. The van der Waals surface area contributed by atoms with Crippen molar-refractivity contribution in [2.45, 2.75) is 46.1 Å². The Hall–Kier alpha value is -0.530. The van der Waals surface area contributed by atoms with Crippen LogP contribution in [0.25, 0.3) is 0 Å². The molecule has 0 heterocycles. The van der Waals surface area contributed by atoms with Gasteiger partial charge in [0.15, 0.2) is 0 Å². The topological polar surface area (TPSA) is 20.3 Å². The molecule has 1 amide bonds. The van der Waals surface area contributed by atoms with Gasteiger partial charge in [-0.1, -0.05) is 20.3 Å². The van der Waals surface area contributed by atoms with Gasteiger partial charge in [-0.05, 0) is 12.8 Å². The molecule has 0 saturated heterocycles. The summed E-state index contributed by atoms with van der Waals surface area (Å²) in [5.41, 5.74) is 0. The number of amides is 1. The molecule has 2 nitrogen and oxygen atoms in total. The van der Waals surface area contributed by atoms with Gasteiger partial charge in [-0.25, -0.2) is 0 Å². The molecule has 0 spiro atoms. The van der Waals surface area contributed by atoms with E-state index in [1.54, 1.807) is 6.92 Å². The van der Waals surface area contributed by atoms with Crippen LogP contribution in [0.4, 0.5) is 0 Å². The summed E-state index contributed by atoms with van der Waals surface area (Å²) in [5, 5.41) is 0. The van der Waals surface area contributed by atoms with Crippen molar-refractivity contribution >= 4 is 5.91 Å². The minimum atomic E-state index is 0.172. The average Bonchev–Trinajstić information content (AvgIpc) is 1.98. The number of nitrogens with zero attached hydrogens (tertiary/aromatic N) is 1. The molecule has 11 heavy (non-hydrogen) atoms. The molecule has 66 valence electrons. The standard InChI is InChI=1S/C9H19NO/c1-5-7-9(6-2)10(4)8(3)11/h9H,5-7H2,1-4H3/t9-/m1/s1. The third-order valence-electron chi connectivity index (χ3n) is 2.14. The fourth-order valence-electron chi connectivity index (χ4n) is 1.26. The zero-order valence-electron chi connectivity index (χ0n) is 8.05. The first-order valence-corrected chi connectivity index (χ1v) is 4.36. The van der Waals surface area contributed by atoms with Crippen molar-refractivity contribution in [1.29, 1.82) is 0 Å². The zero-order chi connectivity index (χ0) is 8.85. The SMILES string of the molecule is CCC[C@@H](CC)N(C)C(C)=O.